The Hall–Kier alpha value is -3.22. The van der Waals surface area contributed by atoms with Crippen molar-refractivity contribution in [3.63, 3.8) is 0 Å². The van der Waals surface area contributed by atoms with Gasteiger partial charge in [-0.1, -0.05) is 35.5 Å². The lowest BCUT2D eigenvalue weighted by atomic mass is 10.2. The molecular weight excluding hydrogens is 470 g/mol. The molecule has 3 rings (SSSR count). The SMILES string of the molecule is Cc1nc(NC(=O)CCC(=O)NO)cc(NC2=NCC(C(=O)Nc3c(C)cccc3Cl)S2)n1. The predicted molar refractivity (Wildman–Crippen MR) is 127 cm³/mol. The standard InChI is InChI=1S/C20H22ClN7O4S/c1-10-4-3-5-12(21)18(10)27-19(31)13-9-22-20(33-13)26-15-8-14(23-11(2)24-15)25-16(29)6-7-17(30)28-32/h3-5,8,13,32H,6-7,9H2,1-2H3,(H,27,31)(H,28,30)(H2,22,23,24,25,26,29). The molecule has 33 heavy (non-hydrogen) atoms. The molecule has 0 radical (unpaired) electrons. The smallest absolute Gasteiger partial charge is 0.243 e. The second-order valence-corrected chi connectivity index (χ2v) is 8.67. The van der Waals surface area contributed by atoms with Crippen LogP contribution in [0, 0.1) is 13.8 Å². The number of hydroxylamine groups is 1. The van der Waals surface area contributed by atoms with E-state index in [9.17, 15) is 14.4 Å². The Morgan fingerprint density at radius 2 is 1.85 bits per heavy atom. The third kappa shape index (κ3) is 6.88. The number of carbonyl (C=O) groups is 3. The van der Waals surface area contributed by atoms with Gasteiger partial charge in [0.15, 0.2) is 5.17 Å². The van der Waals surface area contributed by atoms with E-state index in [0.717, 1.165) is 5.56 Å². The number of aryl methyl sites for hydroxylation is 2. The van der Waals surface area contributed by atoms with E-state index in [0.29, 0.717) is 27.5 Å². The number of benzene rings is 1. The van der Waals surface area contributed by atoms with Gasteiger partial charge in [0.25, 0.3) is 0 Å². The maximum absolute atomic E-state index is 12.7. The Bertz CT molecular complexity index is 1090. The zero-order valence-corrected chi connectivity index (χ0v) is 19.4. The Morgan fingerprint density at radius 1 is 1.12 bits per heavy atom. The van der Waals surface area contributed by atoms with Crippen molar-refractivity contribution in [3.05, 3.63) is 40.7 Å². The largest absolute Gasteiger partial charge is 0.324 e. The van der Waals surface area contributed by atoms with Crippen LogP contribution in [0.4, 0.5) is 17.3 Å². The molecule has 5 N–H and O–H groups in total. The maximum Gasteiger partial charge on any atom is 0.243 e. The molecule has 13 heteroatoms. The minimum Gasteiger partial charge on any atom is -0.324 e. The van der Waals surface area contributed by atoms with Crippen LogP contribution in [0.3, 0.4) is 0 Å². The van der Waals surface area contributed by atoms with Gasteiger partial charge in [0, 0.05) is 18.9 Å². The van der Waals surface area contributed by atoms with Crippen LogP contribution >= 0.6 is 23.4 Å². The number of nitrogens with one attached hydrogen (secondary N) is 4. The number of thioether (sulfide) groups is 1. The summed E-state index contributed by atoms with van der Waals surface area (Å²) in [4.78, 5) is 48.5. The fourth-order valence-electron chi connectivity index (χ4n) is 2.87. The van der Waals surface area contributed by atoms with Crippen molar-refractivity contribution in [1.82, 2.24) is 15.4 Å². The zero-order chi connectivity index (χ0) is 24.0. The summed E-state index contributed by atoms with van der Waals surface area (Å²) in [5.74, 6) is -0.287. The van der Waals surface area contributed by atoms with E-state index in [2.05, 4.69) is 30.9 Å². The van der Waals surface area contributed by atoms with Gasteiger partial charge in [-0.3, -0.25) is 24.6 Å². The highest BCUT2D eigenvalue weighted by molar-refractivity contribution is 8.15. The van der Waals surface area contributed by atoms with E-state index in [1.165, 1.54) is 23.3 Å². The molecule has 1 aromatic carbocycles. The lowest BCUT2D eigenvalue weighted by Gasteiger charge is -2.13. The Morgan fingerprint density at radius 3 is 2.58 bits per heavy atom. The van der Waals surface area contributed by atoms with Crippen LogP contribution in [0.25, 0.3) is 0 Å². The van der Waals surface area contributed by atoms with E-state index in [-0.39, 0.29) is 31.1 Å². The van der Waals surface area contributed by atoms with Crippen molar-refractivity contribution in [2.75, 3.05) is 22.5 Å². The summed E-state index contributed by atoms with van der Waals surface area (Å²) >= 11 is 7.44. The normalized spacial score (nSPS) is 14.9. The minimum atomic E-state index is -0.661. The molecule has 1 aliphatic rings. The van der Waals surface area contributed by atoms with Crippen molar-refractivity contribution < 1.29 is 19.6 Å². The Balaban J connectivity index is 1.57. The third-order valence-corrected chi connectivity index (χ3v) is 5.88. The summed E-state index contributed by atoms with van der Waals surface area (Å²) in [6, 6.07) is 6.90. The number of halogens is 1. The molecule has 11 nitrogen and oxygen atoms in total. The fourth-order valence-corrected chi connectivity index (χ4v) is 4.03. The van der Waals surface area contributed by atoms with Crippen molar-refractivity contribution in [2.24, 2.45) is 4.99 Å². The van der Waals surface area contributed by atoms with Crippen molar-refractivity contribution in [1.29, 1.82) is 0 Å². The van der Waals surface area contributed by atoms with Crippen LogP contribution in [0.2, 0.25) is 5.02 Å². The van der Waals surface area contributed by atoms with Gasteiger partial charge in [0.05, 0.1) is 17.3 Å². The fraction of sp³-hybridized carbons (Fsp3) is 0.300. The molecule has 0 fully saturated rings. The number of hydrogen-bond acceptors (Lipinski definition) is 9. The molecule has 1 atom stereocenters. The van der Waals surface area contributed by atoms with Gasteiger partial charge in [-0.05, 0) is 25.5 Å². The zero-order valence-electron chi connectivity index (χ0n) is 17.8. The molecule has 0 saturated carbocycles. The first-order valence-corrected chi connectivity index (χ1v) is 11.1. The molecule has 2 aromatic rings. The first kappa shape index (κ1) is 24.4. The highest BCUT2D eigenvalue weighted by Gasteiger charge is 2.27. The van der Waals surface area contributed by atoms with E-state index in [4.69, 9.17) is 16.8 Å². The number of amides is 3. The van der Waals surface area contributed by atoms with Crippen LogP contribution in [0.1, 0.15) is 24.2 Å². The van der Waals surface area contributed by atoms with Gasteiger partial charge in [-0.25, -0.2) is 15.4 Å². The number of anilines is 3. The molecule has 2 heterocycles. The summed E-state index contributed by atoms with van der Waals surface area (Å²) in [5, 5.41) is 17.5. The lowest BCUT2D eigenvalue weighted by molar-refractivity contribution is -0.131. The number of aliphatic imine (C=N–C) groups is 1. The molecule has 0 aliphatic carbocycles. The Labute approximate surface area is 198 Å². The molecule has 3 amide bonds. The minimum absolute atomic E-state index is 0.123. The van der Waals surface area contributed by atoms with Crippen LogP contribution in [0.5, 0.6) is 0 Å². The van der Waals surface area contributed by atoms with E-state index < -0.39 is 17.1 Å². The van der Waals surface area contributed by atoms with E-state index in [1.54, 1.807) is 13.0 Å². The third-order valence-electron chi connectivity index (χ3n) is 4.46. The van der Waals surface area contributed by atoms with Gasteiger partial charge >= 0.3 is 0 Å². The molecule has 174 valence electrons. The number of aromatic nitrogens is 2. The summed E-state index contributed by atoms with van der Waals surface area (Å²) in [7, 11) is 0. The predicted octanol–water partition coefficient (Wildman–Crippen LogP) is 2.49. The van der Waals surface area contributed by atoms with Crippen molar-refractivity contribution >= 4 is 63.6 Å². The van der Waals surface area contributed by atoms with Gasteiger partial charge in [0.1, 0.15) is 22.7 Å². The molecule has 0 spiro atoms. The average molecular weight is 492 g/mol. The van der Waals surface area contributed by atoms with Crippen LogP contribution in [-0.4, -0.2) is 49.9 Å². The van der Waals surface area contributed by atoms with Gasteiger partial charge < -0.3 is 16.0 Å². The second kappa shape index (κ2) is 11.1. The van der Waals surface area contributed by atoms with Crippen molar-refractivity contribution in [2.45, 2.75) is 31.9 Å². The molecular formula is C20H22ClN7O4S. The van der Waals surface area contributed by atoms with E-state index >= 15 is 0 Å². The number of rotatable bonds is 7. The van der Waals surface area contributed by atoms with Gasteiger partial charge in [-0.15, -0.1) is 0 Å². The first-order chi connectivity index (χ1) is 15.7. The summed E-state index contributed by atoms with van der Waals surface area (Å²) in [6.07, 6.45) is -0.287. The topological polar surface area (TPSA) is 158 Å². The summed E-state index contributed by atoms with van der Waals surface area (Å²) in [5.41, 5.74) is 2.91. The number of hydrogen-bond donors (Lipinski definition) is 5. The van der Waals surface area contributed by atoms with Gasteiger partial charge in [-0.2, -0.15) is 0 Å². The second-order valence-electron chi connectivity index (χ2n) is 7.07. The maximum atomic E-state index is 12.7. The van der Waals surface area contributed by atoms with Crippen LogP contribution < -0.4 is 21.4 Å². The number of amidine groups is 1. The molecule has 1 aromatic heterocycles. The van der Waals surface area contributed by atoms with E-state index in [1.807, 2.05) is 19.1 Å². The Kier molecular flexibility index (Phi) is 8.20. The average Bonchev–Trinajstić information content (AvgIpc) is 3.22. The highest BCUT2D eigenvalue weighted by Crippen LogP contribution is 2.28. The number of carbonyl (C=O) groups excluding carboxylic acids is 3. The monoisotopic (exact) mass is 491 g/mol. The summed E-state index contributed by atoms with van der Waals surface area (Å²) < 4.78 is 0. The van der Waals surface area contributed by atoms with Crippen molar-refractivity contribution in [3.8, 4) is 0 Å². The number of para-hydroxylation sites is 1. The highest BCUT2D eigenvalue weighted by atomic mass is 35.5. The quantitative estimate of drug-likeness (QED) is 0.292. The lowest BCUT2D eigenvalue weighted by Crippen LogP contribution is -2.26. The first-order valence-electron chi connectivity index (χ1n) is 9.87. The molecule has 1 unspecified atom stereocenters. The summed E-state index contributed by atoms with van der Waals surface area (Å²) in [6.45, 7) is 3.80. The van der Waals surface area contributed by atoms with Gasteiger partial charge in [0.2, 0.25) is 17.7 Å². The van der Waals surface area contributed by atoms with Crippen LogP contribution in [-0.2, 0) is 14.4 Å². The molecule has 0 saturated heterocycles. The van der Waals surface area contributed by atoms with Crippen LogP contribution in [0.15, 0.2) is 29.3 Å². The molecule has 1 aliphatic heterocycles. The molecule has 0 bridgehead atoms. The number of nitrogens with zero attached hydrogens (tertiary/aromatic N) is 3.